The molecule has 1 amide bonds. The van der Waals surface area contributed by atoms with Gasteiger partial charge in [-0.15, -0.1) is 0 Å². The Kier molecular flexibility index (Phi) is 7.60. The molecule has 194 valence electrons. The van der Waals surface area contributed by atoms with Crippen LogP contribution in [0.15, 0.2) is 42.7 Å². The summed E-state index contributed by atoms with van der Waals surface area (Å²) in [4.78, 5) is 38.4. The number of carbonyl (C=O) groups is 2. The maximum Gasteiger partial charge on any atom is 0.326 e. The monoisotopic (exact) mass is 503 g/mol. The fourth-order valence-electron chi connectivity index (χ4n) is 4.96. The molecular formula is C28H33N5O4. The number of nitrogens with zero attached hydrogens (tertiary/aromatic N) is 3. The number of carboxylic acid groups (broad SMARTS) is 1. The highest BCUT2D eigenvalue weighted by atomic mass is 16.5. The summed E-state index contributed by atoms with van der Waals surface area (Å²) >= 11 is 0. The van der Waals surface area contributed by atoms with Crippen LogP contribution >= 0.6 is 0 Å². The van der Waals surface area contributed by atoms with Crippen LogP contribution in [-0.2, 0) is 32.6 Å². The Morgan fingerprint density at radius 2 is 1.97 bits per heavy atom. The van der Waals surface area contributed by atoms with E-state index in [0.29, 0.717) is 25.1 Å². The predicted octanol–water partition coefficient (Wildman–Crippen LogP) is 3.41. The van der Waals surface area contributed by atoms with E-state index in [4.69, 9.17) is 9.72 Å². The van der Waals surface area contributed by atoms with Gasteiger partial charge in [0.05, 0.1) is 16.6 Å². The van der Waals surface area contributed by atoms with E-state index in [0.717, 1.165) is 61.1 Å². The van der Waals surface area contributed by atoms with E-state index < -0.39 is 17.4 Å². The lowest BCUT2D eigenvalue weighted by Gasteiger charge is -2.20. The van der Waals surface area contributed by atoms with E-state index in [-0.39, 0.29) is 18.9 Å². The zero-order valence-corrected chi connectivity index (χ0v) is 20.9. The minimum absolute atomic E-state index is 0.208. The van der Waals surface area contributed by atoms with Crippen molar-refractivity contribution < 1.29 is 19.4 Å². The fraction of sp³-hybridized carbons (Fsp3) is 0.464. The molecule has 1 aliphatic carbocycles. The molecule has 0 spiro atoms. The molecule has 1 fully saturated rings. The first kappa shape index (κ1) is 25.1. The van der Waals surface area contributed by atoms with Crippen molar-refractivity contribution in [3.63, 3.8) is 0 Å². The summed E-state index contributed by atoms with van der Waals surface area (Å²) in [7, 11) is 0. The number of anilines is 1. The van der Waals surface area contributed by atoms with E-state index in [1.54, 1.807) is 0 Å². The average Bonchev–Trinajstić information content (AvgIpc) is 3.73. The third kappa shape index (κ3) is 5.72. The highest BCUT2D eigenvalue weighted by Gasteiger charge is 2.54. The molecule has 3 N–H and O–H groups in total. The largest absolute Gasteiger partial charge is 0.480 e. The zero-order chi connectivity index (χ0) is 25.7. The highest BCUT2D eigenvalue weighted by molar-refractivity contribution is 5.97. The number of amides is 1. The predicted molar refractivity (Wildman–Crippen MR) is 139 cm³/mol. The number of aryl methyl sites for hydroxylation is 2. The maximum atomic E-state index is 13.2. The van der Waals surface area contributed by atoms with Crippen molar-refractivity contribution in [1.82, 2.24) is 20.3 Å². The number of carbonyl (C=O) groups excluding carboxylic acids is 1. The molecule has 9 heteroatoms. The molecule has 5 rings (SSSR count). The number of para-hydroxylation sites is 1. The molecule has 1 saturated carbocycles. The van der Waals surface area contributed by atoms with Gasteiger partial charge in [-0.1, -0.05) is 24.3 Å². The zero-order valence-electron chi connectivity index (χ0n) is 20.9. The van der Waals surface area contributed by atoms with E-state index >= 15 is 0 Å². The van der Waals surface area contributed by atoms with Crippen molar-refractivity contribution in [2.45, 2.75) is 62.8 Å². The Labute approximate surface area is 216 Å². The van der Waals surface area contributed by atoms with Gasteiger partial charge in [-0.05, 0) is 62.6 Å². The van der Waals surface area contributed by atoms with Crippen LogP contribution < -0.4 is 10.6 Å². The summed E-state index contributed by atoms with van der Waals surface area (Å²) in [5.74, 6) is -0.342. The number of unbranched alkanes of at least 4 members (excludes halogenated alkanes) is 1. The van der Waals surface area contributed by atoms with Gasteiger partial charge in [0.2, 0.25) is 5.91 Å². The third-order valence-corrected chi connectivity index (χ3v) is 7.26. The molecule has 0 radical (unpaired) electrons. The number of benzene rings is 1. The number of hydrogen-bond donors (Lipinski definition) is 3. The molecule has 1 aromatic carbocycles. The Bertz CT molecular complexity index is 1270. The fourth-order valence-corrected chi connectivity index (χ4v) is 4.96. The lowest BCUT2D eigenvalue weighted by atomic mass is 9.96. The molecular weight excluding hydrogens is 470 g/mol. The SMILES string of the molecule is O=C(O)[C@H](CCOCCCCc1ccc2c(n1)NCCC2)NC(=O)C1(c2ncnc3ccccc23)CC1. The van der Waals surface area contributed by atoms with E-state index in [1.807, 2.05) is 24.3 Å². The summed E-state index contributed by atoms with van der Waals surface area (Å²) in [6.45, 7) is 1.79. The minimum atomic E-state index is -1.06. The van der Waals surface area contributed by atoms with Crippen molar-refractivity contribution in [1.29, 1.82) is 0 Å². The van der Waals surface area contributed by atoms with Crippen molar-refractivity contribution in [3.05, 3.63) is 59.7 Å². The molecule has 3 aromatic rings. The Morgan fingerprint density at radius 3 is 2.81 bits per heavy atom. The standard InChI is InChI=1S/C28H33N5O4/c34-26(35)23(12-17-37-16-4-3-7-20-11-10-19-6-5-15-29-25(19)32-20)33-27(36)28(13-14-28)24-21-8-1-2-9-22(21)30-18-31-24/h1-2,8-11,18,23H,3-7,12-17H2,(H,29,32)(H,33,36)(H,34,35)/t23-/m0/s1. The number of aliphatic carboxylic acids is 1. The van der Waals surface area contributed by atoms with Gasteiger partial charge >= 0.3 is 5.97 Å². The number of aromatic nitrogens is 3. The van der Waals surface area contributed by atoms with Crippen LogP contribution in [0.5, 0.6) is 0 Å². The van der Waals surface area contributed by atoms with Crippen LogP contribution in [0, 0.1) is 0 Å². The molecule has 2 aliphatic rings. The van der Waals surface area contributed by atoms with Gasteiger partial charge in [0.1, 0.15) is 18.2 Å². The number of rotatable bonds is 12. The summed E-state index contributed by atoms with van der Waals surface area (Å²) in [6, 6.07) is 10.8. The molecule has 0 unspecified atom stereocenters. The normalized spacial score (nSPS) is 16.4. The quantitative estimate of drug-likeness (QED) is 0.321. The number of pyridine rings is 1. The maximum absolute atomic E-state index is 13.2. The topological polar surface area (TPSA) is 126 Å². The highest BCUT2D eigenvalue weighted by Crippen LogP contribution is 2.49. The average molecular weight is 504 g/mol. The van der Waals surface area contributed by atoms with Crippen molar-refractivity contribution in [2.75, 3.05) is 25.1 Å². The van der Waals surface area contributed by atoms with Gasteiger partial charge in [0.25, 0.3) is 0 Å². The van der Waals surface area contributed by atoms with Crippen LogP contribution in [0.25, 0.3) is 10.9 Å². The molecule has 37 heavy (non-hydrogen) atoms. The lowest BCUT2D eigenvalue weighted by Crippen LogP contribution is -2.46. The number of carboxylic acids is 1. The summed E-state index contributed by atoms with van der Waals surface area (Å²) in [6.07, 6.45) is 7.87. The Hall–Kier alpha value is -3.59. The number of ether oxygens (including phenoxy) is 1. The van der Waals surface area contributed by atoms with E-state index in [1.165, 1.54) is 11.9 Å². The van der Waals surface area contributed by atoms with Crippen LogP contribution in [0.1, 0.15) is 55.5 Å². The van der Waals surface area contributed by atoms with Gasteiger partial charge in [-0.3, -0.25) is 4.79 Å². The Morgan fingerprint density at radius 1 is 1.11 bits per heavy atom. The number of nitrogens with one attached hydrogen (secondary N) is 2. The van der Waals surface area contributed by atoms with Crippen molar-refractivity contribution in [2.24, 2.45) is 0 Å². The third-order valence-electron chi connectivity index (χ3n) is 7.26. The number of hydrogen-bond acceptors (Lipinski definition) is 7. The second-order valence-corrected chi connectivity index (χ2v) is 9.88. The second-order valence-electron chi connectivity index (χ2n) is 9.88. The van der Waals surface area contributed by atoms with E-state index in [9.17, 15) is 14.7 Å². The summed E-state index contributed by atoms with van der Waals surface area (Å²) < 4.78 is 5.70. The molecule has 1 aliphatic heterocycles. The lowest BCUT2D eigenvalue weighted by molar-refractivity contribution is -0.142. The van der Waals surface area contributed by atoms with Crippen molar-refractivity contribution >= 4 is 28.6 Å². The van der Waals surface area contributed by atoms with Crippen molar-refractivity contribution in [3.8, 4) is 0 Å². The van der Waals surface area contributed by atoms with Gasteiger partial charge in [-0.2, -0.15) is 0 Å². The van der Waals surface area contributed by atoms with Crippen LogP contribution in [-0.4, -0.2) is 57.7 Å². The molecule has 3 heterocycles. The van der Waals surface area contributed by atoms with Crippen LogP contribution in [0.3, 0.4) is 0 Å². The van der Waals surface area contributed by atoms with Gasteiger partial charge in [0, 0.05) is 37.3 Å². The Balaban J connectivity index is 1.07. The number of fused-ring (bicyclic) bond motifs is 2. The minimum Gasteiger partial charge on any atom is -0.480 e. The van der Waals surface area contributed by atoms with Gasteiger partial charge in [-0.25, -0.2) is 19.7 Å². The smallest absolute Gasteiger partial charge is 0.326 e. The van der Waals surface area contributed by atoms with Crippen LogP contribution in [0.2, 0.25) is 0 Å². The summed E-state index contributed by atoms with van der Waals surface area (Å²) in [5, 5.41) is 16.6. The molecule has 2 aromatic heterocycles. The van der Waals surface area contributed by atoms with E-state index in [2.05, 4.69) is 32.7 Å². The molecule has 9 nitrogen and oxygen atoms in total. The second kappa shape index (κ2) is 11.2. The van der Waals surface area contributed by atoms with Crippen LogP contribution in [0.4, 0.5) is 5.82 Å². The molecule has 1 atom stereocenters. The summed E-state index contributed by atoms with van der Waals surface area (Å²) in [5.41, 5.74) is 3.01. The molecule has 0 saturated heterocycles. The van der Waals surface area contributed by atoms with Gasteiger partial charge in [0.15, 0.2) is 0 Å². The first-order chi connectivity index (χ1) is 18.1. The van der Waals surface area contributed by atoms with Gasteiger partial charge < -0.3 is 20.5 Å². The first-order valence-corrected chi connectivity index (χ1v) is 13.1. The molecule has 0 bridgehead atoms. The first-order valence-electron chi connectivity index (χ1n) is 13.1.